The van der Waals surface area contributed by atoms with Crippen molar-refractivity contribution in [3.05, 3.63) is 71.3 Å². The molecule has 1 aliphatic heterocycles. The van der Waals surface area contributed by atoms with Crippen LogP contribution in [-0.2, 0) is 6.42 Å². The number of fused-ring (bicyclic) bond motifs is 1. The van der Waals surface area contributed by atoms with Gasteiger partial charge in [0.05, 0.1) is 17.2 Å². The fourth-order valence-electron chi connectivity index (χ4n) is 2.64. The molecule has 0 aromatic heterocycles. The molecule has 1 aliphatic rings. The summed E-state index contributed by atoms with van der Waals surface area (Å²) in [6.07, 6.45) is 0.650. The van der Waals surface area contributed by atoms with E-state index in [0.29, 0.717) is 22.9 Å². The number of hydrogen-bond acceptors (Lipinski definition) is 2. The molecule has 0 saturated carbocycles. The first-order chi connectivity index (χ1) is 10.2. The molecule has 4 heteroatoms. The molecular weight excluding hydrogens is 330 g/mol. The zero-order valence-corrected chi connectivity index (χ0v) is 12.9. The van der Waals surface area contributed by atoms with E-state index in [0.717, 1.165) is 5.56 Å². The summed E-state index contributed by atoms with van der Waals surface area (Å²) in [4.78, 5) is 26.3. The number of rotatable bonds is 4. The lowest BCUT2D eigenvalue weighted by Crippen LogP contribution is -2.42. The lowest BCUT2D eigenvalue weighted by atomic mass is 10.1. The van der Waals surface area contributed by atoms with Crippen LogP contribution < -0.4 is 0 Å². The van der Waals surface area contributed by atoms with Crippen molar-refractivity contribution < 1.29 is 9.59 Å². The first kappa shape index (κ1) is 14.0. The molecule has 3 rings (SSSR count). The fourth-order valence-corrected chi connectivity index (χ4v) is 3.16. The molecular formula is C17H14BrNO2. The van der Waals surface area contributed by atoms with Crippen LogP contribution in [-0.4, -0.2) is 28.1 Å². The molecule has 0 fully saturated rings. The topological polar surface area (TPSA) is 37.4 Å². The van der Waals surface area contributed by atoms with Gasteiger partial charge in [0.15, 0.2) is 0 Å². The van der Waals surface area contributed by atoms with Crippen molar-refractivity contribution >= 4 is 27.7 Å². The summed E-state index contributed by atoms with van der Waals surface area (Å²) >= 11 is 3.44. The highest BCUT2D eigenvalue weighted by Crippen LogP contribution is 2.26. The van der Waals surface area contributed by atoms with Crippen LogP contribution in [0.1, 0.15) is 26.3 Å². The second-order valence-electron chi connectivity index (χ2n) is 5.02. The number of halogens is 1. The maximum atomic E-state index is 12.5. The van der Waals surface area contributed by atoms with Gasteiger partial charge in [-0.15, -0.1) is 0 Å². The first-order valence-electron chi connectivity index (χ1n) is 6.79. The third-order valence-corrected chi connectivity index (χ3v) is 4.43. The van der Waals surface area contributed by atoms with Crippen LogP contribution in [0.25, 0.3) is 0 Å². The van der Waals surface area contributed by atoms with Gasteiger partial charge in [-0.3, -0.25) is 14.5 Å². The number of alkyl halides is 1. The third kappa shape index (κ3) is 2.51. The maximum absolute atomic E-state index is 12.5. The zero-order chi connectivity index (χ0) is 14.8. The lowest BCUT2D eigenvalue weighted by molar-refractivity contribution is 0.0600. The van der Waals surface area contributed by atoms with E-state index >= 15 is 0 Å². The average molecular weight is 344 g/mol. The van der Waals surface area contributed by atoms with Crippen LogP contribution in [0.3, 0.4) is 0 Å². The lowest BCUT2D eigenvalue weighted by Gasteiger charge is -2.24. The molecule has 3 nitrogen and oxygen atoms in total. The summed E-state index contributed by atoms with van der Waals surface area (Å²) < 4.78 is 0. The molecule has 0 radical (unpaired) electrons. The quantitative estimate of drug-likeness (QED) is 0.631. The SMILES string of the molecule is O=C1c2ccccc2C(=O)N1[C@H](CBr)Cc1ccccc1. The van der Waals surface area contributed by atoms with Gasteiger partial charge in [0.25, 0.3) is 11.8 Å². The summed E-state index contributed by atoms with van der Waals surface area (Å²) in [6, 6.07) is 16.7. The van der Waals surface area contributed by atoms with Gasteiger partial charge in [0, 0.05) is 5.33 Å². The van der Waals surface area contributed by atoms with Crippen molar-refractivity contribution in [2.24, 2.45) is 0 Å². The second-order valence-corrected chi connectivity index (χ2v) is 5.67. The molecule has 0 saturated heterocycles. The Balaban J connectivity index is 1.89. The van der Waals surface area contributed by atoms with E-state index in [-0.39, 0.29) is 17.9 Å². The highest BCUT2D eigenvalue weighted by Gasteiger charge is 2.39. The fraction of sp³-hybridized carbons (Fsp3) is 0.176. The highest BCUT2D eigenvalue weighted by molar-refractivity contribution is 9.09. The first-order valence-corrected chi connectivity index (χ1v) is 7.91. The molecule has 0 unspecified atom stereocenters. The normalized spacial score (nSPS) is 15.2. The molecule has 0 aliphatic carbocycles. The van der Waals surface area contributed by atoms with Crippen molar-refractivity contribution in [2.75, 3.05) is 5.33 Å². The van der Waals surface area contributed by atoms with E-state index in [1.165, 1.54) is 4.90 Å². The van der Waals surface area contributed by atoms with Gasteiger partial charge in [0.1, 0.15) is 0 Å². The molecule has 0 bridgehead atoms. The second kappa shape index (κ2) is 5.82. The average Bonchev–Trinajstić information content (AvgIpc) is 2.78. The van der Waals surface area contributed by atoms with Crippen LogP contribution >= 0.6 is 15.9 Å². The van der Waals surface area contributed by atoms with Gasteiger partial charge in [-0.2, -0.15) is 0 Å². The van der Waals surface area contributed by atoms with E-state index in [1.54, 1.807) is 24.3 Å². The van der Waals surface area contributed by atoms with E-state index in [9.17, 15) is 9.59 Å². The number of carbonyl (C=O) groups is 2. The van der Waals surface area contributed by atoms with Crippen LogP contribution in [0.2, 0.25) is 0 Å². The van der Waals surface area contributed by atoms with Gasteiger partial charge in [0.2, 0.25) is 0 Å². The van der Waals surface area contributed by atoms with E-state index < -0.39 is 0 Å². The Morgan fingerprint density at radius 1 is 0.857 bits per heavy atom. The molecule has 1 atom stereocenters. The van der Waals surface area contributed by atoms with Gasteiger partial charge in [-0.25, -0.2) is 0 Å². The monoisotopic (exact) mass is 343 g/mol. The van der Waals surface area contributed by atoms with Crippen molar-refractivity contribution in [3.63, 3.8) is 0 Å². The van der Waals surface area contributed by atoms with Crippen molar-refractivity contribution in [1.29, 1.82) is 0 Å². The minimum absolute atomic E-state index is 0.181. The molecule has 0 spiro atoms. The molecule has 2 amide bonds. The Labute approximate surface area is 131 Å². The highest BCUT2D eigenvalue weighted by atomic mass is 79.9. The third-order valence-electron chi connectivity index (χ3n) is 3.68. The number of nitrogens with zero attached hydrogens (tertiary/aromatic N) is 1. The standard InChI is InChI=1S/C17H14BrNO2/c18-11-13(10-12-6-2-1-3-7-12)19-16(20)14-8-4-5-9-15(14)17(19)21/h1-9,13H,10-11H2/t13-/m0/s1. The summed E-state index contributed by atoms with van der Waals surface area (Å²) in [5, 5.41) is 0.563. The molecule has 0 N–H and O–H groups in total. The Hall–Kier alpha value is -1.94. The predicted molar refractivity (Wildman–Crippen MR) is 84.7 cm³/mol. The number of carbonyl (C=O) groups excluding carboxylic acids is 2. The van der Waals surface area contributed by atoms with E-state index in [1.807, 2.05) is 30.3 Å². The Bertz CT molecular complexity index is 649. The van der Waals surface area contributed by atoms with Gasteiger partial charge < -0.3 is 0 Å². The van der Waals surface area contributed by atoms with Gasteiger partial charge in [-0.05, 0) is 24.1 Å². The number of hydrogen-bond donors (Lipinski definition) is 0. The Kier molecular flexibility index (Phi) is 3.88. The number of imide groups is 1. The summed E-state index contributed by atoms with van der Waals surface area (Å²) in [5.74, 6) is -0.396. The number of benzene rings is 2. The molecule has 21 heavy (non-hydrogen) atoms. The van der Waals surface area contributed by atoms with E-state index in [4.69, 9.17) is 0 Å². The smallest absolute Gasteiger partial charge is 0.261 e. The predicted octanol–water partition coefficient (Wildman–Crippen LogP) is 3.29. The summed E-state index contributed by atoms with van der Waals surface area (Å²) in [5.41, 5.74) is 2.11. The maximum Gasteiger partial charge on any atom is 0.261 e. The van der Waals surface area contributed by atoms with Gasteiger partial charge in [-0.1, -0.05) is 58.4 Å². The minimum Gasteiger partial charge on any atom is -0.270 e. The summed E-state index contributed by atoms with van der Waals surface area (Å²) in [7, 11) is 0. The molecule has 2 aromatic carbocycles. The zero-order valence-electron chi connectivity index (χ0n) is 11.3. The van der Waals surface area contributed by atoms with Crippen molar-refractivity contribution in [3.8, 4) is 0 Å². The Morgan fingerprint density at radius 3 is 1.90 bits per heavy atom. The van der Waals surface area contributed by atoms with Crippen molar-refractivity contribution in [2.45, 2.75) is 12.5 Å². The van der Waals surface area contributed by atoms with Gasteiger partial charge >= 0.3 is 0 Å². The molecule has 106 valence electrons. The van der Waals surface area contributed by atoms with Crippen LogP contribution in [0.5, 0.6) is 0 Å². The Morgan fingerprint density at radius 2 is 1.38 bits per heavy atom. The van der Waals surface area contributed by atoms with E-state index in [2.05, 4.69) is 15.9 Å². The van der Waals surface area contributed by atoms with Crippen LogP contribution in [0.4, 0.5) is 0 Å². The van der Waals surface area contributed by atoms with Crippen molar-refractivity contribution in [1.82, 2.24) is 4.90 Å². The number of amides is 2. The molecule has 2 aromatic rings. The largest absolute Gasteiger partial charge is 0.270 e. The summed E-state index contributed by atoms with van der Waals surface area (Å²) in [6.45, 7) is 0. The minimum atomic E-state index is -0.198. The van der Waals surface area contributed by atoms with Crippen LogP contribution in [0.15, 0.2) is 54.6 Å². The van der Waals surface area contributed by atoms with Crippen LogP contribution in [0, 0.1) is 0 Å². The molecule has 1 heterocycles.